The van der Waals surface area contributed by atoms with E-state index in [4.69, 9.17) is 15.5 Å². The Morgan fingerprint density at radius 1 is 1.21 bits per heavy atom. The van der Waals surface area contributed by atoms with Gasteiger partial charge in [-0.2, -0.15) is 0 Å². The molecule has 0 aliphatic carbocycles. The molecule has 0 fully saturated rings. The largest absolute Gasteiger partial charge is 0.384 e. The monoisotopic (exact) mass is 420 g/mol. The van der Waals surface area contributed by atoms with Crippen LogP contribution in [-0.2, 0) is 17.7 Å². The Balaban J connectivity index is 1.59. The summed E-state index contributed by atoms with van der Waals surface area (Å²) in [5, 5.41) is 0. The summed E-state index contributed by atoms with van der Waals surface area (Å²) >= 11 is 1.42. The van der Waals surface area contributed by atoms with Crippen molar-refractivity contribution in [3.8, 4) is 0 Å². The number of aromatic nitrogens is 3. The molecule has 3 aromatic rings. The molecule has 1 aromatic carbocycles. The number of nitrogens with zero attached hydrogens (tertiary/aromatic N) is 3. The van der Waals surface area contributed by atoms with E-state index < -0.39 is 11.6 Å². The third-order valence-corrected chi connectivity index (χ3v) is 5.90. The highest BCUT2D eigenvalue weighted by Gasteiger charge is 2.15. The second-order valence-electron chi connectivity index (χ2n) is 6.93. The van der Waals surface area contributed by atoms with Gasteiger partial charge in [0.15, 0.2) is 5.82 Å². The number of unbranched alkanes of at least 4 members (excludes halogenated alkanes) is 2. The summed E-state index contributed by atoms with van der Waals surface area (Å²) in [4.78, 5) is 9.41. The van der Waals surface area contributed by atoms with Crippen LogP contribution in [0.4, 0.5) is 14.6 Å². The van der Waals surface area contributed by atoms with Crippen molar-refractivity contribution in [1.29, 1.82) is 0 Å². The summed E-state index contributed by atoms with van der Waals surface area (Å²) in [5.74, 6) is 1.15. The molecule has 0 bridgehead atoms. The van der Waals surface area contributed by atoms with E-state index in [1.165, 1.54) is 23.9 Å². The Labute approximate surface area is 173 Å². The number of fused-ring (bicyclic) bond motifs is 1. The number of hydrogen-bond donors (Lipinski definition) is 1. The smallest absolute Gasteiger partial charge is 0.151 e. The molecule has 0 saturated heterocycles. The quantitative estimate of drug-likeness (QED) is 0.379. The van der Waals surface area contributed by atoms with Gasteiger partial charge < -0.3 is 15.0 Å². The molecule has 0 amide bonds. The number of aryl methyl sites for hydroxylation is 2. The first-order chi connectivity index (χ1) is 14.0. The Bertz CT molecular complexity index is 977. The van der Waals surface area contributed by atoms with Gasteiger partial charge in [0.1, 0.15) is 23.0 Å². The number of pyridine rings is 1. The zero-order valence-corrected chi connectivity index (χ0v) is 17.6. The van der Waals surface area contributed by atoms with Gasteiger partial charge in [0.25, 0.3) is 0 Å². The van der Waals surface area contributed by atoms with Crippen molar-refractivity contribution < 1.29 is 13.5 Å². The molecule has 29 heavy (non-hydrogen) atoms. The van der Waals surface area contributed by atoms with Crippen LogP contribution in [0, 0.1) is 18.6 Å². The van der Waals surface area contributed by atoms with E-state index in [1.54, 1.807) is 13.3 Å². The summed E-state index contributed by atoms with van der Waals surface area (Å²) in [6.45, 7) is 3.44. The van der Waals surface area contributed by atoms with Crippen molar-refractivity contribution >= 4 is 28.6 Å². The van der Waals surface area contributed by atoms with Gasteiger partial charge >= 0.3 is 0 Å². The van der Waals surface area contributed by atoms with E-state index >= 15 is 0 Å². The molecule has 156 valence electrons. The van der Waals surface area contributed by atoms with E-state index in [0.717, 1.165) is 60.0 Å². The number of anilines is 1. The van der Waals surface area contributed by atoms with E-state index in [9.17, 15) is 8.78 Å². The Morgan fingerprint density at radius 2 is 2.03 bits per heavy atom. The van der Waals surface area contributed by atoms with Gasteiger partial charge in [-0.3, -0.25) is 0 Å². The van der Waals surface area contributed by atoms with E-state index in [0.29, 0.717) is 23.7 Å². The Morgan fingerprint density at radius 3 is 2.79 bits per heavy atom. The summed E-state index contributed by atoms with van der Waals surface area (Å²) in [5.41, 5.74) is 8.86. The molecule has 0 spiro atoms. The average Bonchev–Trinajstić information content (AvgIpc) is 3.07. The number of benzene rings is 1. The lowest BCUT2D eigenvalue weighted by Crippen LogP contribution is -2.08. The van der Waals surface area contributed by atoms with Crippen LogP contribution < -0.4 is 5.73 Å². The molecule has 2 aromatic heterocycles. The number of thioether (sulfide) groups is 1. The fourth-order valence-electron chi connectivity index (χ4n) is 3.31. The molecular formula is C21H26F2N4OS. The first-order valence-electron chi connectivity index (χ1n) is 9.68. The maximum absolute atomic E-state index is 13.7. The standard InChI is InChI=1S/C21H26F2N4OS/c1-14-13-25-21(24)19-20(14)27(18(26-19)8-10-28-2)9-4-3-5-11-29-17-7-6-15(22)12-16(17)23/h6-7,12-13H,3-5,8-11H2,1-2H3,(H2,24,25). The Hall–Kier alpha value is -2.19. The molecule has 8 heteroatoms. The highest BCUT2D eigenvalue weighted by atomic mass is 32.2. The summed E-state index contributed by atoms with van der Waals surface area (Å²) in [6, 6.07) is 3.72. The van der Waals surface area contributed by atoms with Crippen LogP contribution in [0.1, 0.15) is 30.7 Å². The van der Waals surface area contributed by atoms with Crippen molar-refractivity contribution in [3.63, 3.8) is 0 Å². The molecule has 0 saturated carbocycles. The lowest BCUT2D eigenvalue weighted by atomic mass is 10.2. The third kappa shape index (κ3) is 5.25. The van der Waals surface area contributed by atoms with E-state index in [2.05, 4.69) is 9.55 Å². The zero-order valence-electron chi connectivity index (χ0n) is 16.8. The van der Waals surface area contributed by atoms with Gasteiger partial charge in [-0.25, -0.2) is 18.7 Å². The average molecular weight is 421 g/mol. The van der Waals surface area contributed by atoms with E-state index in [-0.39, 0.29) is 0 Å². The number of hydrogen-bond acceptors (Lipinski definition) is 5. The molecular weight excluding hydrogens is 394 g/mol. The molecule has 0 unspecified atom stereocenters. The molecule has 0 aliphatic rings. The predicted molar refractivity (Wildman–Crippen MR) is 113 cm³/mol. The number of nitrogen functional groups attached to an aromatic ring is 1. The molecule has 2 N–H and O–H groups in total. The predicted octanol–water partition coefficient (Wildman–Crippen LogP) is 4.75. The van der Waals surface area contributed by atoms with Crippen LogP contribution in [0.5, 0.6) is 0 Å². The molecule has 3 rings (SSSR count). The highest BCUT2D eigenvalue weighted by molar-refractivity contribution is 7.99. The van der Waals surface area contributed by atoms with Gasteiger partial charge in [0.2, 0.25) is 0 Å². The van der Waals surface area contributed by atoms with Gasteiger partial charge in [-0.05, 0) is 43.2 Å². The van der Waals surface area contributed by atoms with Crippen LogP contribution in [0.25, 0.3) is 11.0 Å². The number of methoxy groups -OCH3 is 1. The number of imidazole rings is 1. The van der Waals surface area contributed by atoms with Crippen LogP contribution in [-0.4, -0.2) is 34.0 Å². The van der Waals surface area contributed by atoms with Crippen molar-refractivity contribution in [2.45, 2.75) is 44.0 Å². The van der Waals surface area contributed by atoms with Crippen LogP contribution in [0.15, 0.2) is 29.3 Å². The van der Waals surface area contributed by atoms with Crippen LogP contribution >= 0.6 is 11.8 Å². The number of halogens is 2. The lowest BCUT2D eigenvalue weighted by Gasteiger charge is -2.11. The number of nitrogens with two attached hydrogens (primary N) is 1. The second-order valence-corrected chi connectivity index (χ2v) is 8.07. The lowest BCUT2D eigenvalue weighted by molar-refractivity contribution is 0.199. The molecule has 5 nitrogen and oxygen atoms in total. The van der Waals surface area contributed by atoms with Gasteiger partial charge in [0.05, 0.1) is 12.1 Å². The van der Waals surface area contributed by atoms with Gasteiger partial charge in [-0.1, -0.05) is 6.42 Å². The molecule has 0 radical (unpaired) electrons. The third-order valence-electron chi connectivity index (χ3n) is 4.77. The van der Waals surface area contributed by atoms with Crippen molar-refractivity contribution in [2.75, 3.05) is 25.2 Å². The van der Waals surface area contributed by atoms with E-state index in [1.807, 2.05) is 6.92 Å². The van der Waals surface area contributed by atoms with Crippen LogP contribution in [0.2, 0.25) is 0 Å². The second kappa shape index (κ2) is 10.0. The SMILES string of the molecule is COCCc1nc2c(N)ncc(C)c2n1CCCCCSc1ccc(F)cc1F. The maximum atomic E-state index is 13.7. The molecule has 0 atom stereocenters. The number of ether oxygens (including phenoxy) is 1. The molecule has 0 aliphatic heterocycles. The fourth-order valence-corrected chi connectivity index (χ4v) is 4.24. The summed E-state index contributed by atoms with van der Waals surface area (Å²) in [7, 11) is 1.68. The first-order valence-corrected chi connectivity index (χ1v) is 10.7. The van der Waals surface area contributed by atoms with Crippen molar-refractivity contribution in [3.05, 3.63) is 47.4 Å². The summed E-state index contributed by atoms with van der Waals surface area (Å²) < 4.78 is 34.1. The van der Waals surface area contributed by atoms with Gasteiger partial charge in [0, 0.05) is 37.2 Å². The first kappa shape index (κ1) is 21.5. The topological polar surface area (TPSA) is 66.0 Å². The molecule has 2 heterocycles. The zero-order chi connectivity index (χ0) is 20.8. The fraction of sp³-hybridized carbons (Fsp3) is 0.429. The highest BCUT2D eigenvalue weighted by Crippen LogP contribution is 2.26. The minimum atomic E-state index is -0.546. The van der Waals surface area contributed by atoms with Crippen LogP contribution in [0.3, 0.4) is 0 Å². The Kier molecular flexibility index (Phi) is 7.44. The van der Waals surface area contributed by atoms with Crippen molar-refractivity contribution in [1.82, 2.24) is 14.5 Å². The van der Waals surface area contributed by atoms with Gasteiger partial charge in [-0.15, -0.1) is 11.8 Å². The normalized spacial score (nSPS) is 11.4. The summed E-state index contributed by atoms with van der Waals surface area (Å²) in [6.07, 6.45) is 5.41. The maximum Gasteiger partial charge on any atom is 0.151 e. The number of rotatable bonds is 10. The van der Waals surface area contributed by atoms with Crippen molar-refractivity contribution in [2.24, 2.45) is 0 Å². The minimum absolute atomic E-state index is 0.445. The minimum Gasteiger partial charge on any atom is -0.384 e.